The van der Waals surface area contributed by atoms with Gasteiger partial charge in [0.1, 0.15) is 0 Å². The van der Waals surface area contributed by atoms with Crippen molar-refractivity contribution in [2.75, 3.05) is 0 Å². The molecule has 0 saturated heterocycles. The number of alkyl halides is 2. The van der Waals surface area contributed by atoms with E-state index in [0.29, 0.717) is 12.8 Å². The minimum atomic E-state index is -0.412. The van der Waals surface area contributed by atoms with Gasteiger partial charge in [-0.05, 0) is 40.5 Å². The lowest BCUT2D eigenvalue weighted by atomic mass is 9.97. The van der Waals surface area contributed by atoms with Crippen molar-refractivity contribution in [3.05, 3.63) is 0 Å². The minimum absolute atomic E-state index is 0.346. The molecule has 0 unspecified atom stereocenters. The number of rotatable bonds is 4. The first-order valence-corrected chi connectivity index (χ1v) is 4.92. The molecule has 0 saturated carbocycles. The van der Waals surface area contributed by atoms with Crippen LogP contribution in [0.5, 0.6) is 0 Å². The molecule has 0 aromatic rings. The Morgan fingerprint density at radius 1 is 1.00 bits per heavy atom. The smallest absolute Gasteiger partial charge is 0.0573 e. The maximum absolute atomic E-state index is 9.55. The van der Waals surface area contributed by atoms with Crippen LogP contribution in [-0.4, -0.2) is 21.0 Å². The van der Waals surface area contributed by atoms with E-state index < -0.39 is 6.10 Å². The molecule has 1 nitrogen and oxygen atoms in total. The van der Waals surface area contributed by atoms with Crippen molar-refractivity contribution in [3.8, 4) is 0 Å². The van der Waals surface area contributed by atoms with Gasteiger partial charge in [0.25, 0.3) is 0 Å². The van der Waals surface area contributed by atoms with Crippen molar-refractivity contribution < 1.29 is 5.11 Å². The van der Waals surface area contributed by atoms with E-state index in [0.717, 1.165) is 0 Å². The third kappa shape index (κ3) is 8.63. The van der Waals surface area contributed by atoms with Crippen LogP contribution in [0.3, 0.4) is 0 Å². The molecule has 0 aromatic carbocycles. The van der Waals surface area contributed by atoms with Crippen molar-refractivity contribution in [3.63, 3.8) is 0 Å². The van der Waals surface area contributed by atoms with Gasteiger partial charge in [0, 0.05) is 9.75 Å². The zero-order valence-electron chi connectivity index (χ0n) is 8.19. The van der Waals surface area contributed by atoms with Crippen molar-refractivity contribution in [2.45, 2.75) is 56.4 Å². The summed E-state index contributed by atoms with van der Waals surface area (Å²) < 4.78 is 0. The quantitative estimate of drug-likeness (QED) is 0.711. The van der Waals surface area contributed by atoms with E-state index in [1.165, 1.54) is 0 Å². The molecule has 0 atom stereocenters. The van der Waals surface area contributed by atoms with Gasteiger partial charge < -0.3 is 5.11 Å². The zero-order chi connectivity index (χ0) is 9.99. The van der Waals surface area contributed by atoms with Crippen LogP contribution in [0.15, 0.2) is 0 Å². The number of hydrogen-bond acceptors (Lipinski definition) is 1. The topological polar surface area (TPSA) is 20.2 Å². The molecule has 0 aliphatic carbocycles. The normalized spacial score (nSPS) is 14.0. The van der Waals surface area contributed by atoms with E-state index in [1.807, 2.05) is 27.7 Å². The maximum Gasteiger partial charge on any atom is 0.0573 e. The standard InChI is InChI=1S/C9H18Cl2O/c1-8(2,10)5-7(12)6-9(3,4)11/h7,12H,5-6H2,1-4H3. The summed E-state index contributed by atoms with van der Waals surface area (Å²) in [6.07, 6.45) is 0.736. The van der Waals surface area contributed by atoms with Crippen LogP contribution in [0.25, 0.3) is 0 Å². The van der Waals surface area contributed by atoms with Crippen LogP contribution < -0.4 is 0 Å². The molecule has 0 rings (SSSR count). The van der Waals surface area contributed by atoms with Crippen LogP contribution in [0, 0.1) is 0 Å². The number of halogens is 2. The third-order valence-electron chi connectivity index (χ3n) is 1.44. The molecule has 74 valence electrons. The molecule has 0 aliphatic heterocycles. The molecule has 12 heavy (non-hydrogen) atoms. The maximum atomic E-state index is 9.55. The average molecular weight is 213 g/mol. The van der Waals surface area contributed by atoms with Crippen molar-refractivity contribution in [1.29, 1.82) is 0 Å². The third-order valence-corrected chi connectivity index (χ3v) is 1.75. The van der Waals surface area contributed by atoms with Gasteiger partial charge in [0.15, 0.2) is 0 Å². The van der Waals surface area contributed by atoms with Crippen LogP contribution in [-0.2, 0) is 0 Å². The Morgan fingerprint density at radius 3 is 1.42 bits per heavy atom. The van der Waals surface area contributed by atoms with Gasteiger partial charge in [-0.15, -0.1) is 23.2 Å². The lowest BCUT2D eigenvalue weighted by molar-refractivity contribution is 0.134. The van der Waals surface area contributed by atoms with Gasteiger partial charge >= 0.3 is 0 Å². The Kier molecular flexibility index (Phi) is 4.35. The summed E-state index contributed by atoms with van der Waals surface area (Å²) in [6.45, 7) is 7.55. The Balaban J connectivity index is 3.83. The summed E-state index contributed by atoms with van der Waals surface area (Å²) >= 11 is 11.9. The largest absolute Gasteiger partial charge is 0.393 e. The average Bonchev–Trinajstić information content (AvgIpc) is 1.49. The summed E-state index contributed by atoms with van der Waals surface area (Å²) in [5.74, 6) is 0. The molecular weight excluding hydrogens is 195 g/mol. The summed E-state index contributed by atoms with van der Waals surface area (Å²) in [6, 6.07) is 0. The molecule has 0 bridgehead atoms. The second-order valence-corrected chi connectivity index (χ2v) is 6.55. The van der Waals surface area contributed by atoms with E-state index in [2.05, 4.69) is 0 Å². The molecule has 0 heterocycles. The number of aliphatic hydroxyl groups excluding tert-OH is 1. The Morgan fingerprint density at radius 2 is 1.25 bits per heavy atom. The first-order valence-electron chi connectivity index (χ1n) is 4.16. The molecule has 0 spiro atoms. The summed E-state index contributed by atoms with van der Waals surface area (Å²) in [4.78, 5) is -0.691. The van der Waals surface area contributed by atoms with E-state index in [4.69, 9.17) is 23.2 Å². The number of aliphatic hydroxyl groups is 1. The molecule has 0 aliphatic rings. The van der Waals surface area contributed by atoms with Gasteiger partial charge in [0.2, 0.25) is 0 Å². The molecule has 0 aromatic heterocycles. The Bertz CT molecular complexity index is 116. The monoisotopic (exact) mass is 212 g/mol. The van der Waals surface area contributed by atoms with Gasteiger partial charge in [-0.2, -0.15) is 0 Å². The second-order valence-electron chi connectivity index (χ2n) is 4.50. The van der Waals surface area contributed by atoms with E-state index >= 15 is 0 Å². The second kappa shape index (κ2) is 4.17. The fourth-order valence-electron chi connectivity index (χ4n) is 1.19. The van der Waals surface area contributed by atoms with Crippen LogP contribution in [0.1, 0.15) is 40.5 Å². The molecule has 0 fully saturated rings. The van der Waals surface area contributed by atoms with Crippen molar-refractivity contribution in [2.24, 2.45) is 0 Å². The Hall–Kier alpha value is 0.540. The summed E-state index contributed by atoms with van der Waals surface area (Å²) in [5, 5.41) is 9.55. The van der Waals surface area contributed by atoms with E-state index in [9.17, 15) is 5.11 Å². The molecule has 1 N–H and O–H groups in total. The van der Waals surface area contributed by atoms with Crippen LogP contribution in [0.4, 0.5) is 0 Å². The lowest BCUT2D eigenvalue weighted by Crippen LogP contribution is -2.26. The highest BCUT2D eigenvalue weighted by atomic mass is 35.5. The van der Waals surface area contributed by atoms with Gasteiger partial charge in [-0.1, -0.05) is 0 Å². The molecule has 0 amide bonds. The first-order chi connectivity index (χ1) is 5.10. The fourth-order valence-corrected chi connectivity index (χ4v) is 1.55. The predicted molar refractivity (Wildman–Crippen MR) is 55.1 cm³/mol. The zero-order valence-corrected chi connectivity index (χ0v) is 9.71. The highest BCUT2D eigenvalue weighted by Crippen LogP contribution is 2.26. The molecular formula is C9H18Cl2O. The lowest BCUT2D eigenvalue weighted by Gasteiger charge is -2.24. The Labute approximate surface area is 85.1 Å². The SMILES string of the molecule is CC(C)(Cl)CC(O)CC(C)(C)Cl. The van der Waals surface area contributed by atoms with Crippen LogP contribution in [0.2, 0.25) is 0 Å². The van der Waals surface area contributed by atoms with Gasteiger partial charge in [-0.25, -0.2) is 0 Å². The van der Waals surface area contributed by atoms with Gasteiger partial charge in [-0.3, -0.25) is 0 Å². The number of hydrogen-bond donors (Lipinski definition) is 1. The van der Waals surface area contributed by atoms with Gasteiger partial charge in [0.05, 0.1) is 6.10 Å². The minimum Gasteiger partial charge on any atom is -0.393 e. The molecule has 3 heteroatoms. The summed E-state index contributed by atoms with van der Waals surface area (Å²) in [5.41, 5.74) is 0. The first kappa shape index (κ1) is 12.5. The highest BCUT2D eigenvalue weighted by Gasteiger charge is 2.24. The fraction of sp³-hybridized carbons (Fsp3) is 1.00. The van der Waals surface area contributed by atoms with Crippen molar-refractivity contribution in [1.82, 2.24) is 0 Å². The highest BCUT2D eigenvalue weighted by molar-refractivity contribution is 6.23. The van der Waals surface area contributed by atoms with Crippen molar-refractivity contribution >= 4 is 23.2 Å². The van der Waals surface area contributed by atoms with E-state index in [1.54, 1.807) is 0 Å². The molecule has 0 radical (unpaired) electrons. The van der Waals surface area contributed by atoms with Crippen LogP contribution >= 0.6 is 23.2 Å². The predicted octanol–water partition coefficient (Wildman–Crippen LogP) is 3.16. The van der Waals surface area contributed by atoms with E-state index in [-0.39, 0.29) is 9.75 Å². The summed E-state index contributed by atoms with van der Waals surface area (Å²) in [7, 11) is 0.